The molecule has 0 radical (unpaired) electrons. The van der Waals surface area contributed by atoms with Crippen molar-refractivity contribution in [1.29, 1.82) is 0 Å². The number of hydrogen-bond acceptors (Lipinski definition) is 4. The Morgan fingerprint density at radius 1 is 1.19 bits per heavy atom. The van der Waals surface area contributed by atoms with Gasteiger partial charge in [0.25, 0.3) is 0 Å². The molecule has 0 bridgehead atoms. The second-order valence-electron chi connectivity index (χ2n) is 4.75. The van der Waals surface area contributed by atoms with Gasteiger partial charge in [-0.15, -0.1) is 0 Å². The third-order valence-corrected chi connectivity index (χ3v) is 3.23. The maximum Gasteiger partial charge on any atom is 0.308 e. The minimum Gasteiger partial charge on any atom is -0.439 e. The Bertz CT molecular complexity index is 692. The van der Waals surface area contributed by atoms with Gasteiger partial charge < -0.3 is 9.47 Å². The van der Waals surface area contributed by atoms with Gasteiger partial charge in [0.2, 0.25) is 5.88 Å². The number of ether oxygens (including phenoxy) is 2. The van der Waals surface area contributed by atoms with Crippen molar-refractivity contribution in [2.24, 2.45) is 0 Å². The molecule has 0 saturated heterocycles. The molecule has 0 aliphatic heterocycles. The van der Waals surface area contributed by atoms with Gasteiger partial charge in [0.1, 0.15) is 11.5 Å². The number of hydrogen-bond donors (Lipinski definition) is 0. The van der Waals surface area contributed by atoms with Gasteiger partial charge in [-0.25, -0.2) is 4.98 Å². The molecule has 3 rings (SSSR count). The van der Waals surface area contributed by atoms with E-state index < -0.39 is 0 Å². The van der Waals surface area contributed by atoms with Crippen LogP contribution in [-0.2, 0) is 16.0 Å². The van der Waals surface area contributed by atoms with Crippen LogP contribution in [0.4, 0.5) is 0 Å². The van der Waals surface area contributed by atoms with Gasteiger partial charge in [-0.1, -0.05) is 18.2 Å². The number of carbonyl (C=O) groups is 1. The molecule has 1 aliphatic rings. The summed E-state index contributed by atoms with van der Waals surface area (Å²) in [4.78, 5) is 15.4. The van der Waals surface area contributed by atoms with E-state index in [-0.39, 0.29) is 5.97 Å². The van der Waals surface area contributed by atoms with Crippen molar-refractivity contribution >= 4 is 11.7 Å². The van der Waals surface area contributed by atoms with E-state index in [0.29, 0.717) is 11.6 Å². The van der Waals surface area contributed by atoms with Crippen LogP contribution in [0.25, 0.3) is 5.76 Å². The van der Waals surface area contributed by atoms with E-state index in [9.17, 15) is 4.79 Å². The van der Waals surface area contributed by atoms with E-state index >= 15 is 0 Å². The fourth-order valence-electron chi connectivity index (χ4n) is 2.38. The highest BCUT2D eigenvalue weighted by molar-refractivity contribution is 5.78. The fraction of sp³-hybridized carbons (Fsp3) is 0.176. The molecule has 0 saturated carbocycles. The first-order valence-electron chi connectivity index (χ1n) is 6.84. The predicted octanol–water partition coefficient (Wildman–Crippen LogP) is 3.72. The third kappa shape index (κ3) is 2.94. The Morgan fingerprint density at radius 2 is 2.10 bits per heavy atom. The Hall–Kier alpha value is -2.62. The van der Waals surface area contributed by atoms with Gasteiger partial charge in [-0.05, 0) is 31.1 Å². The lowest BCUT2D eigenvalue weighted by Crippen LogP contribution is -2.07. The smallest absolute Gasteiger partial charge is 0.308 e. The van der Waals surface area contributed by atoms with Crippen molar-refractivity contribution in [2.45, 2.75) is 19.8 Å². The van der Waals surface area contributed by atoms with Crippen LogP contribution in [-0.4, -0.2) is 11.0 Å². The molecule has 1 aliphatic carbocycles. The predicted molar refractivity (Wildman–Crippen MR) is 78.8 cm³/mol. The van der Waals surface area contributed by atoms with Gasteiger partial charge in [-0.2, -0.15) is 0 Å². The lowest BCUT2D eigenvalue weighted by molar-refractivity contribution is -0.134. The average molecular weight is 281 g/mol. The Morgan fingerprint density at radius 3 is 2.86 bits per heavy atom. The van der Waals surface area contributed by atoms with Crippen LogP contribution in [0.1, 0.15) is 24.5 Å². The second kappa shape index (κ2) is 5.79. The van der Waals surface area contributed by atoms with Crippen LogP contribution in [0.2, 0.25) is 0 Å². The monoisotopic (exact) mass is 281 g/mol. The Labute approximate surface area is 123 Å². The first-order chi connectivity index (χ1) is 10.2. The Kier molecular flexibility index (Phi) is 3.69. The number of benzene rings is 1. The van der Waals surface area contributed by atoms with Crippen molar-refractivity contribution in [2.75, 3.05) is 0 Å². The Balaban J connectivity index is 1.94. The number of nitrogens with zero attached hydrogens (tertiary/aromatic N) is 1. The summed E-state index contributed by atoms with van der Waals surface area (Å²) in [5.74, 6) is 1.60. The van der Waals surface area contributed by atoms with Gasteiger partial charge in [0.15, 0.2) is 0 Å². The fourth-order valence-corrected chi connectivity index (χ4v) is 2.38. The third-order valence-electron chi connectivity index (χ3n) is 3.23. The second-order valence-corrected chi connectivity index (χ2v) is 4.75. The topological polar surface area (TPSA) is 48.4 Å². The molecule has 0 spiro atoms. The molecule has 21 heavy (non-hydrogen) atoms. The molecular formula is C17H15NO3. The molecule has 0 fully saturated rings. The van der Waals surface area contributed by atoms with Gasteiger partial charge in [0.05, 0.1) is 0 Å². The number of allylic oxidation sites excluding steroid dienone is 1. The van der Waals surface area contributed by atoms with Gasteiger partial charge in [-0.3, -0.25) is 4.79 Å². The van der Waals surface area contributed by atoms with Gasteiger partial charge in [0, 0.05) is 30.3 Å². The van der Waals surface area contributed by atoms with E-state index in [1.54, 1.807) is 6.20 Å². The minimum absolute atomic E-state index is 0.315. The summed E-state index contributed by atoms with van der Waals surface area (Å²) < 4.78 is 11.1. The first kappa shape index (κ1) is 13.4. The van der Waals surface area contributed by atoms with Crippen LogP contribution < -0.4 is 4.74 Å². The molecule has 1 aromatic heterocycles. The highest BCUT2D eigenvalue weighted by Crippen LogP contribution is 2.35. The SMILES string of the molecule is CC(=O)OC1=CCCc2c(Oc3ccccn3)cccc21. The summed E-state index contributed by atoms with van der Waals surface area (Å²) >= 11 is 0. The van der Waals surface area contributed by atoms with E-state index in [1.807, 2.05) is 42.5 Å². The minimum atomic E-state index is -0.315. The molecule has 106 valence electrons. The summed E-state index contributed by atoms with van der Waals surface area (Å²) in [5.41, 5.74) is 1.95. The zero-order valence-electron chi connectivity index (χ0n) is 11.7. The van der Waals surface area contributed by atoms with E-state index in [2.05, 4.69) is 4.98 Å². The lowest BCUT2D eigenvalue weighted by Gasteiger charge is -2.19. The van der Waals surface area contributed by atoms with Crippen molar-refractivity contribution in [1.82, 2.24) is 4.98 Å². The maximum absolute atomic E-state index is 11.2. The molecule has 0 unspecified atom stereocenters. The van der Waals surface area contributed by atoms with Gasteiger partial charge >= 0.3 is 5.97 Å². The summed E-state index contributed by atoms with van der Waals surface area (Å²) in [7, 11) is 0. The van der Waals surface area contributed by atoms with Crippen LogP contribution in [0.3, 0.4) is 0 Å². The zero-order valence-corrected chi connectivity index (χ0v) is 11.7. The summed E-state index contributed by atoms with van der Waals surface area (Å²) in [5, 5.41) is 0. The molecule has 0 amide bonds. The number of carbonyl (C=O) groups excluding carboxylic acids is 1. The number of esters is 1. The molecule has 1 heterocycles. The average Bonchev–Trinajstić information content (AvgIpc) is 2.49. The number of rotatable bonds is 3. The summed E-state index contributed by atoms with van der Waals surface area (Å²) in [6.07, 6.45) is 5.30. The normalized spacial score (nSPS) is 13.1. The van der Waals surface area contributed by atoms with Crippen LogP contribution in [0.15, 0.2) is 48.7 Å². The first-order valence-corrected chi connectivity index (χ1v) is 6.84. The van der Waals surface area contributed by atoms with Crippen molar-refractivity contribution in [3.05, 3.63) is 59.8 Å². The molecule has 0 atom stereocenters. The highest BCUT2D eigenvalue weighted by Gasteiger charge is 2.19. The van der Waals surface area contributed by atoms with Crippen molar-refractivity contribution in [3.8, 4) is 11.6 Å². The van der Waals surface area contributed by atoms with Crippen molar-refractivity contribution in [3.63, 3.8) is 0 Å². The number of fused-ring (bicyclic) bond motifs is 1. The molecular weight excluding hydrogens is 266 g/mol. The van der Waals surface area contributed by atoms with E-state index in [1.165, 1.54) is 6.92 Å². The molecule has 1 aromatic carbocycles. The summed E-state index contributed by atoms with van der Waals surface area (Å²) in [6.45, 7) is 1.41. The molecule has 4 nitrogen and oxygen atoms in total. The zero-order chi connectivity index (χ0) is 14.7. The summed E-state index contributed by atoms with van der Waals surface area (Å²) in [6, 6.07) is 11.3. The number of pyridine rings is 1. The van der Waals surface area contributed by atoms with Crippen LogP contribution in [0.5, 0.6) is 11.6 Å². The maximum atomic E-state index is 11.2. The van der Waals surface area contributed by atoms with E-state index in [4.69, 9.17) is 9.47 Å². The molecule has 2 aromatic rings. The van der Waals surface area contributed by atoms with Crippen molar-refractivity contribution < 1.29 is 14.3 Å². The van der Waals surface area contributed by atoms with Crippen LogP contribution >= 0.6 is 0 Å². The van der Waals surface area contributed by atoms with Crippen LogP contribution in [0, 0.1) is 0 Å². The number of aromatic nitrogens is 1. The standard InChI is InChI=1S/C17H15NO3/c1-12(19)20-15-8-4-7-14-13(15)6-5-9-16(14)21-17-10-2-3-11-18-17/h2-3,5-6,8-11H,4,7H2,1H3. The van der Waals surface area contributed by atoms with E-state index in [0.717, 1.165) is 29.7 Å². The molecule has 4 heteroatoms. The lowest BCUT2D eigenvalue weighted by atomic mass is 9.95. The highest BCUT2D eigenvalue weighted by atomic mass is 16.5. The quantitative estimate of drug-likeness (QED) is 0.804. The molecule has 0 N–H and O–H groups in total. The largest absolute Gasteiger partial charge is 0.439 e.